The first-order valence-corrected chi connectivity index (χ1v) is 5.18. The molecule has 2 rings (SSSR count). The fourth-order valence-electron chi connectivity index (χ4n) is 1.63. The lowest BCUT2D eigenvalue weighted by Gasteiger charge is -2.00. The highest BCUT2D eigenvalue weighted by atomic mass is 16.4. The van der Waals surface area contributed by atoms with Gasteiger partial charge in [-0.3, -0.25) is 0 Å². The number of carboxylic acids is 1. The second-order valence-corrected chi connectivity index (χ2v) is 4.08. The standard InChI is InChI=1S/C13H14O2/c1-9(13(14)15)7-10-3-2-4-12(8-10)11-5-6-11/h2-4,7-8,11H,5-6H2,1H3,(H,14,15). The van der Waals surface area contributed by atoms with E-state index in [-0.39, 0.29) is 0 Å². The highest BCUT2D eigenvalue weighted by Gasteiger charge is 2.23. The van der Waals surface area contributed by atoms with Crippen molar-refractivity contribution < 1.29 is 9.90 Å². The maximum atomic E-state index is 10.7. The Morgan fingerprint density at radius 3 is 2.80 bits per heavy atom. The van der Waals surface area contributed by atoms with Crippen molar-refractivity contribution >= 4 is 12.0 Å². The van der Waals surface area contributed by atoms with Crippen LogP contribution in [0.5, 0.6) is 0 Å². The summed E-state index contributed by atoms with van der Waals surface area (Å²) >= 11 is 0. The van der Waals surface area contributed by atoms with Crippen LogP contribution in [0.25, 0.3) is 6.08 Å². The lowest BCUT2D eigenvalue weighted by molar-refractivity contribution is -0.132. The van der Waals surface area contributed by atoms with Crippen molar-refractivity contribution in [2.24, 2.45) is 0 Å². The van der Waals surface area contributed by atoms with Gasteiger partial charge in [0.1, 0.15) is 0 Å². The molecule has 0 unspecified atom stereocenters. The zero-order chi connectivity index (χ0) is 10.8. The maximum Gasteiger partial charge on any atom is 0.331 e. The second kappa shape index (κ2) is 3.89. The van der Waals surface area contributed by atoms with Crippen LogP contribution >= 0.6 is 0 Å². The Kier molecular flexibility index (Phi) is 2.58. The van der Waals surface area contributed by atoms with Gasteiger partial charge in [0.15, 0.2) is 0 Å². The van der Waals surface area contributed by atoms with Gasteiger partial charge in [0.25, 0.3) is 0 Å². The molecule has 0 amide bonds. The van der Waals surface area contributed by atoms with Gasteiger partial charge < -0.3 is 5.11 Å². The molecule has 15 heavy (non-hydrogen) atoms. The normalized spacial score (nSPS) is 16.5. The monoisotopic (exact) mass is 202 g/mol. The number of hydrogen-bond donors (Lipinski definition) is 1. The molecule has 2 nitrogen and oxygen atoms in total. The number of carbonyl (C=O) groups is 1. The highest BCUT2D eigenvalue weighted by molar-refractivity contribution is 5.91. The Bertz CT molecular complexity index is 414. The zero-order valence-corrected chi connectivity index (χ0v) is 8.73. The van der Waals surface area contributed by atoms with E-state index in [1.54, 1.807) is 13.0 Å². The van der Waals surface area contributed by atoms with Crippen LogP contribution in [0.3, 0.4) is 0 Å². The average molecular weight is 202 g/mol. The van der Waals surface area contributed by atoms with Crippen molar-refractivity contribution in [3.8, 4) is 0 Å². The predicted molar refractivity (Wildman–Crippen MR) is 59.7 cm³/mol. The quantitative estimate of drug-likeness (QED) is 0.765. The fraction of sp³-hybridized carbons (Fsp3) is 0.308. The van der Waals surface area contributed by atoms with Gasteiger partial charge in [0.05, 0.1) is 0 Å². The third-order valence-electron chi connectivity index (χ3n) is 2.68. The van der Waals surface area contributed by atoms with E-state index >= 15 is 0 Å². The molecule has 0 aromatic heterocycles. The van der Waals surface area contributed by atoms with Crippen LogP contribution in [0.1, 0.15) is 36.8 Å². The van der Waals surface area contributed by atoms with Gasteiger partial charge in [-0.05, 0) is 42.9 Å². The van der Waals surface area contributed by atoms with Crippen LogP contribution in [0.15, 0.2) is 29.8 Å². The van der Waals surface area contributed by atoms with Gasteiger partial charge in [-0.15, -0.1) is 0 Å². The number of benzene rings is 1. The summed E-state index contributed by atoms with van der Waals surface area (Å²) in [6.45, 7) is 1.62. The fourth-order valence-corrected chi connectivity index (χ4v) is 1.63. The molecule has 1 aliphatic carbocycles. The summed E-state index contributed by atoms with van der Waals surface area (Å²) in [7, 11) is 0. The molecule has 0 heterocycles. The topological polar surface area (TPSA) is 37.3 Å². The lowest BCUT2D eigenvalue weighted by Crippen LogP contribution is -1.95. The summed E-state index contributed by atoms with van der Waals surface area (Å²) in [5.74, 6) is -0.143. The van der Waals surface area contributed by atoms with Gasteiger partial charge in [-0.1, -0.05) is 24.3 Å². The molecule has 1 aromatic carbocycles. The molecule has 0 atom stereocenters. The highest BCUT2D eigenvalue weighted by Crippen LogP contribution is 2.40. The van der Waals surface area contributed by atoms with E-state index in [1.165, 1.54) is 18.4 Å². The van der Waals surface area contributed by atoms with E-state index < -0.39 is 5.97 Å². The first-order valence-electron chi connectivity index (χ1n) is 5.18. The summed E-state index contributed by atoms with van der Waals surface area (Å²) in [5, 5.41) is 8.77. The minimum Gasteiger partial charge on any atom is -0.478 e. The van der Waals surface area contributed by atoms with Gasteiger partial charge in [-0.25, -0.2) is 4.79 Å². The van der Waals surface area contributed by atoms with Crippen LogP contribution in [0.2, 0.25) is 0 Å². The third kappa shape index (κ3) is 2.46. The Hall–Kier alpha value is -1.57. The molecule has 2 heteroatoms. The lowest BCUT2D eigenvalue weighted by atomic mass is 10.1. The molecule has 78 valence electrons. The van der Waals surface area contributed by atoms with E-state index in [4.69, 9.17) is 5.11 Å². The van der Waals surface area contributed by atoms with Crippen LogP contribution in [-0.2, 0) is 4.79 Å². The van der Waals surface area contributed by atoms with Crippen LogP contribution in [0, 0.1) is 0 Å². The minimum atomic E-state index is -0.855. The molecule has 0 aliphatic heterocycles. The van der Waals surface area contributed by atoms with E-state index in [0.29, 0.717) is 11.5 Å². The predicted octanol–water partition coefficient (Wildman–Crippen LogP) is 3.05. The maximum absolute atomic E-state index is 10.7. The SMILES string of the molecule is CC(=Cc1cccc(C2CC2)c1)C(=O)O. The molecule has 1 aromatic rings. The van der Waals surface area contributed by atoms with Gasteiger partial charge in [0.2, 0.25) is 0 Å². The Balaban J connectivity index is 2.24. The van der Waals surface area contributed by atoms with E-state index in [1.807, 2.05) is 12.1 Å². The van der Waals surface area contributed by atoms with Gasteiger partial charge in [0, 0.05) is 5.57 Å². The van der Waals surface area contributed by atoms with Crippen molar-refractivity contribution in [1.29, 1.82) is 0 Å². The van der Waals surface area contributed by atoms with Crippen LogP contribution < -0.4 is 0 Å². The molecule has 1 fully saturated rings. The molecular formula is C13H14O2. The van der Waals surface area contributed by atoms with Crippen molar-refractivity contribution in [2.75, 3.05) is 0 Å². The first kappa shape index (κ1) is 9.97. The summed E-state index contributed by atoms with van der Waals surface area (Å²) in [4.78, 5) is 10.7. The average Bonchev–Trinajstić information content (AvgIpc) is 3.01. The molecule has 0 saturated heterocycles. The molecule has 0 bridgehead atoms. The van der Waals surface area contributed by atoms with Crippen LogP contribution in [0.4, 0.5) is 0 Å². The molecular weight excluding hydrogens is 188 g/mol. The van der Waals surface area contributed by atoms with Crippen molar-refractivity contribution in [3.05, 3.63) is 41.0 Å². The van der Waals surface area contributed by atoms with E-state index in [0.717, 1.165) is 5.56 Å². The third-order valence-corrected chi connectivity index (χ3v) is 2.68. The van der Waals surface area contributed by atoms with Gasteiger partial charge >= 0.3 is 5.97 Å². The molecule has 0 radical (unpaired) electrons. The summed E-state index contributed by atoms with van der Waals surface area (Å²) in [6, 6.07) is 8.14. The summed E-state index contributed by atoms with van der Waals surface area (Å²) < 4.78 is 0. The molecule has 1 saturated carbocycles. The smallest absolute Gasteiger partial charge is 0.331 e. The summed E-state index contributed by atoms with van der Waals surface area (Å²) in [5.41, 5.74) is 2.70. The largest absolute Gasteiger partial charge is 0.478 e. The Labute approximate surface area is 89.2 Å². The molecule has 0 spiro atoms. The minimum absolute atomic E-state index is 0.378. The first-order chi connectivity index (χ1) is 7.16. The molecule has 1 N–H and O–H groups in total. The van der Waals surface area contributed by atoms with E-state index in [2.05, 4.69) is 12.1 Å². The van der Waals surface area contributed by atoms with E-state index in [9.17, 15) is 4.79 Å². The van der Waals surface area contributed by atoms with Crippen molar-refractivity contribution in [1.82, 2.24) is 0 Å². The zero-order valence-electron chi connectivity index (χ0n) is 8.73. The van der Waals surface area contributed by atoms with Gasteiger partial charge in [-0.2, -0.15) is 0 Å². The number of hydrogen-bond acceptors (Lipinski definition) is 1. The van der Waals surface area contributed by atoms with Crippen LogP contribution in [-0.4, -0.2) is 11.1 Å². The van der Waals surface area contributed by atoms with Crippen molar-refractivity contribution in [3.63, 3.8) is 0 Å². The Morgan fingerprint density at radius 1 is 1.47 bits per heavy atom. The summed E-state index contributed by atoms with van der Waals surface area (Å²) in [6.07, 6.45) is 4.25. The number of rotatable bonds is 3. The second-order valence-electron chi connectivity index (χ2n) is 4.08. The Morgan fingerprint density at radius 2 is 2.20 bits per heavy atom. The number of aliphatic carboxylic acids is 1. The number of carboxylic acid groups (broad SMARTS) is 1. The molecule has 1 aliphatic rings. The van der Waals surface area contributed by atoms with Crippen molar-refractivity contribution in [2.45, 2.75) is 25.7 Å².